The van der Waals surface area contributed by atoms with Gasteiger partial charge < -0.3 is 10.2 Å². The van der Waals surface area contributed by atoms with Gasteiger partial charge in [-0.15, -0.1) is 0 Å². The van der Waals surface area contributed by atoms with Crippen LogP contribution in [0, 0.1) is 0 Å². The van der Waals surface area contributed by atoms with Crippen LogP contribution in [-0.2, 0) is 6.18 Å². The van der Waals surface area contributed by atoms with E-state index in [1.165, 1.54) is 12.1 Å². The Hall–Kier alpha value is -0.940. The van der Waals surface area contributed by atoms with Gasteiger partial charge in [0, 0.05) is 35.9 Å². The largest absolute Gasteiger partial charge is 0.418 e. The molecule has 1 aliphatic rings. The summed E-state index contributed by atoms with van der Waals surface area (Å²) >= 11 is 5.74. The number of benzene rings is 1. The number of halogens is 4. The summed E-state index contributed by atoms with van der Waals surface area (Å²) in [4.78, 5) is 1.82. The van der Waals surface area contributed by atoms with Crippen LogP contribution in [0.4, 0.5) is 18.9 Å². The molecule has 2 rings (SSSR count). The van der Waals surface area contributed by atoms with E-state index in [2.05, 4.69) is 19.2 Å². The predicted molar refractivity (Wildman–Crippen MR) is 80.0 cm³/mol. The fourth-order valence-electron chi connectivity index (χ4n) is 2.90. The number of nitrogens with one attached hydrogen (secondary N) is 1. The first-order valence-electron chi connectivity index (χ1n) is 7.18. The van der Waals surface area contributed by atoms with E-state index in [1.807, 2.05) is 4.90 Å². The first-order valence-corrected chi connectivity index (χ1v) is 7.56. The van der Waals surface area contributed by atoms with Crippen molar-refractivity contribution in [3.8, 4) is 0 Å². The Morgan fingerprint density at radius 1 is 1.29 bits per heavy atom. The van der Waals surface area contributed by atoms with Crippen molar-refractivity contribution in [3.63, 3.8) is 0 Å². The van der Waals surface area contributed by atoms with Crippen molar-refractivity contribution < 1.29 is 13.2 Å². The third kappa shape index (κ3) is 3.46. The van der Waals surface area contributed by atoms with Crippen LogP contribution in [0.3, 0.4) is 0 Å². The molecule has 1 saturated heterocycles. The summed E-state index contributed by atoms with van der Waals surface area (Å²) in [5.41, 5.74) is -0.557. The lowest BCUT2D eigenvalue weighted by Gasteiger charge is -2.44. The predicted octanol–water partition coefficient (Wildman–Crippen LogP) is 4.33. The van der Waals surface area contributed by atoms with E-state index in [9.17, 15) is 13.2 Å². The molecule has 118 valence electrons. The highest BCUT2D eigenvalue weighted by atomic mass is 35.5. The summed E-state index contributed by atoms with van der Waals surface area (Å²) in [6.07, 6.45) is -2.63. The van der Waals surface area contributed by atoms with E-state index in [0.717, 1.165) is 18.9 Å². The van der Waals surface area contributed by atoms with E-state index in [1.54, 1.807) is 0 Å². The molecule has 0 aromatic heterocycles. The number of anilines is 1. The molecule has 0 spiro atoms. The Bertz CT molecular complexity index is 498. The van der Waals surface area contributed by atoms with Gasteiger partial charge in [0.15, 0.2) is 0 Å². The van der Waals surface area contributed by atoms with E-state index in [-0.39, 0.29) is 16.2 Å². The van der Waals surface area contributed by atoms with E-state index < -0.39 is 11.7 Å². The molecule has 1 aromatic rings. The molecule has 0 radical (unpaired) electrons. The van der Waals surface area contributed by atoms with Gasteiger partial charge in [0.05, 0.1) is 5.56 Å². The third-order valence-corrected chi connectivity index (χ3v) is 4.57. The summed E-state index contributed by atoms with van der Waals surface area (Å²) < 4.78 is 39.7. The molecule has 0 bridgehead atoms. The van der Waals surface area contributed by atoms with Crippen LogP contribution in [0.25, 0.3) is 0 Å². The van der Waals surface area contributed by atoms with Gasteiger partial charge in [-0.1, -0.05) is 25.4 Å². The molecule has 0 amide bonds. The Kier molecular flexibility index (Phi) is 4.73. The molecular weight excluding hydrogens is 301 g/mol. The highest BCUT2D eigenvalue weighted by Crippen LogP contribution is 2.39. The summed E-state index contributed by atoms with van der Waals surface area (Å²) in [6.45, 7) is 5.94. The van der Waals surface area contributed by atoms with Gasteiger partial charge in [0.1, 0.15) is 0 Å². The van der Waals surface area contributed by atoms with Gasteiger partial charge in [0.2, 0.25) is 0 Å². The van der Waals surface area contributed by atoms with Crippen LogP contribution in [0.2, 0.25) is 5.02 Å². The van der Waals surface area contributed by atoms with Crippen molar-refractivity contribution >= 4 is 17.3 Å². The highest BCUT2D eigenvalue weighted by molar-refractivity contribution is 6.30. The van der Waals surface area contributed by atoms with Gasteiger partial charge in [0.25, 0.3) is 0 Å². The normalized spacial score (nSPS) is 18.9. The van der Waals surface area contributed by atoms with Crippen molar-refractivity contribution in [1.82, 2.24) is 5.32 Å². The van der Waals surface area contributed by atoms with E-state index >= 15 is 0 Å². The number of hydrogen-bond acceptors (Lipinski definition) is 2. The molecule has 1 fully saturated rings. The quantitative estimate of drug-likeness (QED) is 0.892. The maximum Gasteiger partial charge on any atom is 0.418 e. The topological polar surface area (TPSA) is 15.3 Å². The van der Waals surface area contributed by atoms with Crippen LogP contribution < -0.4 is 10.2 Å². The molecule has 0 aliphatic carbocycles. The third-order valence-electron chi connectivity index (χ3n) is 4.33. The van der Waals surface area contributed by atoms with Crippen molar-refractivity contribution in [3.05, 3.63) is 28.8 Å². The van der Waals surface area contributed by atoms with Crippen LogP contribution in [0.1, 0.15) is 32.3 Å². The SMILES string of the molecule is CCC1(CC)CN(c2ccc(Cl)cc2C(F)(F)F)CCN1. The monoisotopic (exact) mass is 320 g/mol. The van der Waals surface area contributed by atoms with E-state index in [0.29, 0.717) is 19.6 Å². The lowest BCUT2D eigenvalue weighted by atomic mass is 9.89. The molecular formula is C15H20ClF3N2. The maximum absolute atomic E-state index is 13.2. The average Bonchev–Trinajstić information content (AvgIpc) is 2.46. The minimum Gasteiger partial charge on any atom is -0.368 e. The second kappa shape index (κ2) is 6.05. The second-order valence-electron chi connectivity index (χ2n) is 5.49. The van der Waals surface area contributed by atoms with Crippen molar-refractivity contribution in [2.24, 2.45) is 0 Å². The van der Waals surface area contributed by atoms with Gasteiger partial charge >= 0.3 is 6.18 Å². The molecule has 1 aliphatic heterocycles. The number of nitrogens with zero attached hydrogens (tertiary/aromatic N) is 1. The zero-order chi connectivity index (χ0) is 15.7. The maximum atomic E-state index is 13.2. The minimum atomic E-state index is -4.40. The molecule has 6 heteroatoms. The smallest absolute Gasteiger partial charge is 0.368 e. The zero-order valence-electron chi connectivity index (χ0n) is 12.2. The number of piperazine rings is 1. The summed E-state index contributed by atoms with van der Waals surface area (Å²) in [5.74, 6) is 0. The van der Waals surface area contributed by atoms with Crippen molar-refractivity contribution in [1.29, 1.82) is 0 Å². The average molecular weight is 321 g/mol. The second-order valence-corrected chi connectivity index (χ2v) is 5.93. The summed E-state index contributed by atoms with van der Waals surface area (Å²) in [6, 6.07) is 4.01. The molecule has 0 saturated carbocycles. The van der Waals surface area contributed by atoms with Crippen LogP contribution in [-0.4, -0.2) is 25.2 Å². The van der Waals surface area contributed by atoms with Crippen molar-refractivity contribution in [2.45, 2.75) is 38.4 Å². The number of alkyl halides is 3. The molecule has 1 N–H and O–H groups in total. The zero-order valence-corrected chi connectivity index (χ0v) is 13.0. The Labute approximate surface area is 128 Å². The van der Waals surface area contributed by atoms with Gasteiger partial charge in [-0.25, -0.2) is 0 Å². The Balaban J connectivity index is 2.38. The highest BCUT2D eigenvalue weighted by Gasteiger charge is 2.38. The van der Waals surface area contributed by atoms with Crippen LogP contribution in [0.5, 0.6) is 0 Å². The summed E-state index contributed by atoms with van der Waals surface area (Å²) in [5, 5.41) is 3.56. The van der Waals surface area contributed by atoms with Crippen LogP contribution >= 0.6 is 11.6 Å². The Morgan fingerprint density at radius 3 is 2.52 bits per heavy atom. The standard InChI is InChI=1S/C15H20ClF3N2/c1-3-14(4-2)10-21(8-7-20-14)13-6-5-11(16)9-12(13)15(17,18)19/h5-6,9,20H,3-4,7-8,10H2,1-2H3. The minimum absolute atomic E-state index is 0.110. The van der Waals surface area contributed by atoms with Gasteiger partial charge in [-0.2, -0.15) is 13.2 Å². The van der Waals surface area contributed by atoms with Gasteiger partial charge in [-0.3, -0.25) is 0 Å². The lowest BCUT2D eigenvalue weighted by Crippen LogP contribution is -2.60. The van der Waals surface area contributed by atoms with Gasteiger partial charge in [-0.05, 0) is 31.0 Å². The lowest BCUT2D eigenvalue weighted by molar-refractivity contribution is -0.137. The molecule has 21 heavy (non-hydrogen) atoms. The van der Waals surface area contributed by atoms with E-state index in [4.69, 9.17) is 11.6 Å². The first kappa shape index (κ1) is 16.4. The number of rotatable bonds is 3. The van der Waals surface area contributed by atoms with Crippen molar-refractivity contribution in [2.75, 3.05) is 24.5 Å². The summed E-state index contributed by atoms with van der Waals surface area (Å²) in [7, 11) is 0. The molecule has 0 atom stereocenters. The molecule has 1 aromatic carbocycles. The molecule has 0 unspecified atom stereocenters. The van der Waals surface area contributed by atoms with Crippen LogP contribution in [0.15, 0.2) is 18.2 Å². The number of hydrogen-bond donors (Lipinski definition) is 1. The molecule has 1 heterocycles. The molecule has 2 nitrogen and oxygen atoms in total. The fraction of sp³-hybridized carbons (Fsp3) is 0.600. The fourth-order valence-corrected chi connectivity index (χ4v) is 3.07. The first-order chi connectivity index (χ1) is 9.81. The Morgan fingerprint density at radius 2 is 1.95 bits per heavy atom.